The Kier molecular flexibility index (Phi) is 5.82. The summed E-state index contributed by atoms with van der Waals surface area (Å²) in [6.45, 7) is 5.45. The van der Waals surface area contributed by atoms with Crippen molar-refractivity contribution in [2.45, 2.75) is 18.9 Å². The molecule has 0 heterocycles. The third kappa shape index (κ3) is 6.66. The molecule has 3 nitrogen and oxygen atoms in total. The van der Waals surface area contributed by atoms with Crippen LogP contribution < -0.4 is 5.32 Å². The molecule has 76 valence electrons. The van der Waals surface area contributed by atoms with Crippen molar-refractivity contribution in [2.75, 3.05) is 18.6 Å². The van der Waals surface area contributed by atoms with E-state index in [0.717, 1.165) is 0 Å². The van der Waals surface area contributed by atoms with Crippen LogP contribution in [0.25, 0.3) is 0 Å². The quantitative estimate of drug-likeness (QED) is 0.628. The predicted octanol–water partition coefficient (Wildman–Crippen LogP) is 0.793. The zero-order chi connectivity index (χ0) is 10.3. The molecule has 0 rings (SSSR count). The third-order valence-corrected chi connectivity index (χ3v) is 2.36. The van der Waals surface area contributed by atoms with E-state index < -0.39 is 5.60 Å². The summed E-state index contributed by atoms with van der Waals surface area (Å²) in [5.41, 5.74) is -0.823. The van der Waals surface area contributed by atoms with Gasteiger partial charge in [-0.15, -0.1) is 6.58 Å². The predicted molar refractivity (Wildman–Crippen MR) is 56.8 cm³/mol. The highest BCUT2D eigenvalue weighted by molar-refractivity contribution is 7.98. The molecule has 0 aliphatic carbocycles. The summed E-state index contributed by atoms with van der Waals surface area (Å²) in [5, 5.41) is 12.3. The van der Waals surface area contributed by atoms with Gasteiger partial charge < -0.3 is 10.4 Å². The van der Waals surface area contributed by atoms with Crippen LogP contribution in [0.1, 0.15) is 13.3 Å². The van der Waals surface area contributed by atoms with Crippen LogP contribution in [0.3, 0.4) is 0 Å². The fourth-order valence-electron chi connectivity index (χ4n) is 0.854. The summed E-state index contributed by atoms with van der Waals surface area (Å²) in [5.74, 6) is 0.512. The number of nitrogens with one attached hydrogen (secondary N) is 1. The minimum absolute atomic E-state index is 0.101. The van der Waals surface area contributed by atoms with Gasteiger partial charge in [0.05, 0.1) is 5.60 Å². The Bertz CT molecular complexity index is 180. The van der Waals surface area contributed by atoms with Gasteiger partial charge in [0.2, 0.25) is 5.91 Å². The molecule has 1 unspecified atom stereocenters. The van der Waals surface area contributed by atoms with Gasteiger partial charge in [-0.3, -0.25) is 4.79 Å². The lowest BCUT2D eigenvalue weighted by atomic mass is 10.1. The van der Waals surface area contributed by atoms with Gasteiger partial charge in [0, 0.05) is 18.7 Å². The molecule has 0 aliphatic heterocycles. The molecule has 1 atom stereocenters. The Labute approximate surface area is 83.6 Å². The molecule has 0 saturated heterocycles. The highest BCUT2D eigenvalue weighted by Crippen LogP contribution is 2.08. The normalized spacial score (nSPS) is 14.7. The van der Waals surface area contributed by atoms with E-state index in [-0.39, 0.29) is 5.91 Å². The molecule has 2 N–H and O–H groups in total. The molecule has 0 aliphatic rings. The van der Waals surface area contributed by atoms with E-state index in [1.54, 1.807) is 24.8 Å². The third-order valence-electron chi connectivity index (χ3n) is 1.45. The second-order valence-corrected chi connectivity index (χ2v) is 4.07. The van der Waals surface area contributed by atoms with Gasteiger partial charge in [-0.25, -0.2) is 0 Å². The summed E-state index contributed by atoms with van der Waals surface area (Å²) >= 11 is 1.55. The second-order valence-electron chi connectivity index (χ2n) is 3.20. The number of carbonyl (C=O) groups is 1. The topological polar surface area (TPSA) is 49.3 Å². The maximum Gasteiger partial charge on any atom is 0.223 e. The van der Waals surface area contributed by atoms with Gasteiger partial charge in [0.1, 0.15) is 0 Å². The Morgan fingerprint density at radius 1 is 1.77 bits per heavy atom. The number of rotatable bonds is 6. The molecule has 0 aromatic rings. The van der Waals surface area contributed by atoms with Gasteiger partial charge in [-0.2, -0.15) is 11.8 Å². The van der Waals surface area contributed by atoms with Crippen LogP contribution in [0.15, 0.2) is 12.7 Å². The minimum Gasteiger partial charge on any atom is -0.387 e. The zero-order valence-corrected chi connectivity index (χ0v) is 8.99. The lowest BCUT2D eigenvalue weighted by Gasteiger charge is -2.22. The molecule has 0 fully saturated rings. The maximum atomic E-state index is 11.0. The average Bonchev–Trinajstić information content (AvgIpc) is 2.02. The van der Waals surface area contributed by atoms with Crippen LogP contribution in [0, 0.1) is 0 Å². The lowest BCUT2D eigenvalue weighted by molar-refractivity contribution is -0.121. The fourth-order valence-corrected chi connectivity index (χ4v) is 1.58. The molecular weight excluding hydrogens is 186 g/mol. The van der Waals surface area contributed by atoms with Crippen molar-refractivity contribution in [1.82, 2.24) is 5.32 Å². The average molecular weight is 203 g/mol. The number of aliphatic hydroxyl groups is 1. The first-order valence-electron chi connectivity index (χ1n) is 4.11. The molecule has 4 heteroatoms. The van der Waals surface area contributed by atoms with E-state index in [4.69, 9.17) is 0 Å². The number of carbonyl (C=O) groups excluding carboxylic acids is 1. The number of hydrogen-bond donors (Lipinski definition) is 2. The largest absolute Gasteiger partial charge is 0.387 e. The van der Waals surface area contributed by atoms with Crippen LogP contribution in [-0.4, -0.2) is 35.2 Å². The van der Waals surface area contributed by atoms with E-state index in [2.05, 4.69) is 11.9 Å². The van der Waals surface area contributed by atoms with Crippen molar-refractivity contribution < 1.29 is 9.90 Å². The Hall–Kier alpha value is -0.480. The van der Waals surface area contributed by atoms with Gasteiger partial charge in [0.25, 0.3) is 0 Å². The van der Waals surface area contributed by atoms with Gasteiger partial charge in [0.15, 0.2) is 0 Å². The lowest BCUT2D eigenvalue weighted by Crippen LogP contribution is -2.42. The van der Waals surface area contributed by atoms with Crippen LogP contribution in [0.2, 0.25) is 0 Å². The Balaban J connectivity index is 3.72. The van der Waals surface area contributed by atoms with Crippen LogP contribution in [0.4, 0.5) is 0 Å². The molecule has 0 radical (unpaired) electrons. The van der Waals surface area contributed by atoms with Crippen LogP contribution >= 0.6 is 11.8 Å². The molecule has 0 aromatic carbocycles. The highest BCUT2D eigenvalue weighted by Gasteiger charge is 2.19. The fraction of sp³-hybridized carbons (Fsp3) is 0.667. The monoisotopic (exact) mass is 203 g/mol. The van der Waals surface area contributed by atoms with Crippen molar-refractivity contribution in [3.8, 4) is 0 Å². The summed E-state index contributed by atoms with van der Waals surface area (Å²) < 4.78 is 0. The van der Waals surface area contributed by atoms with E-state index >= 15 is 0 Å². The van der Waals surface area contributed by atoms with Gasteiger partial charge >= 0.3 is 0 Å². The number of hydrogen-bond acceptors (Lipinski definition) is 3. The molecule has 0 aromatic heterocycles. The van der Waals surface area contributed by atoms with E-state index in [1.165, 1.54) is 0 Å². The standard InChI is InChI=1S/C9H17NO2S/c1-4-5-8(11)10-6-9(2,12)7-13-3/h4,12H,1,5-7H2,2-3H3,(H,10,11). The van der Waals surface area contributed by atoms with Crippen LogP contribution in [-0.2, 0) is 4.79 Å². The SMILES string of the molecule is C=CCC(=O)NCC(C)(O)CSC. The molecule has 13 heavy (non-hydrogen) atoms. The smallest absolute Gasteiger partial charge is 0.223 e. The highest BCUT2D eigenvalue weighted by atomic mass is 32.2. The zero-order valence-electron chi connectivity index (χ0n) is 8.17. The van der Waals surface area contributed by atoms with Crippen LogP contribution in [0.5, 0.6) is 0 Å². The minimum atomic E-state index is -0.823. The first kappa shape index (κ1) is 12.5. The summed E-state index contributed by atoms with van der Waals surface area (Å²) in [4.78, 5) is 11.0. The van der Waals surface area contributed by atoms with E-state index in [9.17, 15) is 9.90 Å². The summed E-state index contributed by atoms with van der Waals surface area (Å²) in [6, 6.07) is 0. The summed E-state index contributed by atoms with van der Waals surface area (Å²) in [6.07, 6.45) is 3.76. The van der Waals surface area contributed by atoms with Crippen molar-refractivity contribution >= 4 is 17.7 Å². The maximum absolute atomic E-state index is 11.0. The van der Waals surface area contributed by atoms with Crippen molar-refractivity contribution in [2.24, 2.45) is 0 Å². The van der Waals surface area contributed by atoms with Crippen molar-refractivity contribution in [1.29, 1.82) is 0 Å². The molecule has 0 spiro atoms. The van der Waals surface area contributed by atoms with Crippen molar-refractivity contribution in [3.63, 3.8) is 0 Å². The first-order chi connectivity index (χ1) is 6.02. The Morgan fingerprint density at radius 3 is 2.85 bits per heavy atom. The van der Waals surface area contributed by atoms with Gasteiger partial charge in [-0.1, -0.05) is 6.08 Å². The van der Waals surface area contributed by atoms with Gasteiger partial charge in [-0.05, 0) is 13.2 Å². The first-order valence-corrected chi connectivity index (χ1v) is 5.50. The summed E-state index contributed by atoms with van der Waals surface area (Å²) in [7, 11) is 0. The van der Waals surface area contributed by atoms with E-state index in [0.29, 0.717) is 18.7 Å². The molecule has 0 bridgehead atoms. The second kappa shape index (κ2) is 6.05. The van der Waals surface area contributed by atoms with E-state index in [1.807, 2.05) is 6.26 Å². The Morgan fingerprint density at radius 2 is 2.38 bits per heavy atom. The molecule has 0 saturated carbocycles. The number of amides is 1. The number of thioether (sulfide) groups is 1. The molecule has 1 amide bonds. The van der Waals surface area contributed by atoms with Crippen molar-refractivity contribution in [3.05, 3.63) is 12.7 Å². The molecular formula is C9H17NO2S.